The molecule has 0 aliphatic heterocycles. The lowest BCUT2D eigenvalue weighted by Gasteiger charge is -2.24. The molecular formula is C13H19FN2O2. The Kier molecular flexibility index (Phi) is 5.09. The van der Waals surface area contributed by atoms with Gasteiger partial charge in [-0.15, -0.1) is 0 Å². The van der Waals surface area contributed by atoms with Gasteiger partial charge in [0.2, 0.25) is 5.91 Å². The average molecular weight is 254 g/mol. The van der Waals surface area contributed by atoms with E-state index in [1.165, 1.54) is 6.07 Å². The second-order valence-corrected chi connectivity index (χ2v) is 4.29. The second kappa shape index (κ2) is 6.35. The zero-order valence-corrected chi connectivity index (χ0v) is 10.9. The summed E-state index contributed by atoms with van der Waals surface area (Å²) in [5.74, 6) is -0.715. The molecule has 0 bridgehead atoms. The van der Waals surface area contributed by atoms with Crippen LogP contribution in [-0.4, -0.2) is 31.7 Å². The summed E-state index contributed by atoms with van der Waals surface area (Å²) in [5.41, 5.74) is 0.859. The first-order valence-electron chi connectivity index (χ1n) is 5.82. The number of nitrogens with zero attached hydrogens (tertiary/aromatic N) is 1. The number of nitrogens with one attached hydrogen (secondary N) is 1. The molecule has 1 atom stereocenters. The molecule has 0 heterocycles. The zero-order chi connectivity index (χ0) is 13.7. The Morgan fingerprint density at radius 1 is 1.56 bits per heavy atom. The van der Waals surface area contributed by atoms with Crippen molar-refractivity contribution in [2.45, 2.75) is 13.5 Å². The Balaban J connectivity index is 2.87. The molecule has 0 spiro atoms. The molecule has 0 aromatic heterocycles. The van der Waals surface area contributed by atoms with Gasteiger partial charge in [-0.3, -0.25) is 4.79 Å². The molecule has 5 heteroatoms. The fourth-order valence-electron chi connectivity index (χ4n) is 1.90. The molecule has 0 saturated carbocycles. The predicted octanol–water partition coefficient (Wildman–Crippen LogP) is 1.14. The maximum absolute atomic E-state index is 13.5. The fraction of sp³-hybridized carbons (Fsp3) is 0.462. The van der Waals surface area contributed by atoms with Crippen molar-refractivity contribution in [3.8, 4) is 0 Å². The van der Waals surface area contributed by atoms with Gasteiger partial charge in [0.05, 0.1) is 12.5 Å². The third kappa shape index (κ3) is 3.20. The summed E-state index contributed by atoms with van der Waals surface area (Å²) in [5, 5.41) is 11.8. The molecule has 1 unspecified atom stereocenters. The van der Waals surface area contributed by atoms with Crippen molar-refractivity contribution in [3.05, 3.63) is 29.6 Å². The van der Waals surface area contributed by atoms with Gasteiger partial charge in [-0.1, -0.05) is 13.0 Å². The van der Waals surface area contributed by atoms with Crippen LogP contribution in [0.5, 0.6) is 0 Å². The van der Waals surface area contributed by atoms with E-state index in [1.54, 1.807) is 38.1 Å². The molecule has 1 amide bonds. The lowest BCUT2D eigenvalue weighted by molar-refractivity contribution is -0.123. The molecule has 0 fully saturated rings. The van der Waals surface area contributed by atoms with E-state index in [1.807, 2.05) is 0 Å². The van der Waals surface area contributed by atoms with Gasteiger partial charge >= 0.3 is 0 Å². The Bertz CT molecular complexity index is 423. The summed E-state index contributed by atoms with van der Waals surface area (Å²) in [6.45, 7) is 1.89. The van der Waals surface area contributed by atoms with Crippen LogP contribution in [0.3, 0.4) is 0 Å². The van der Waals surface area contributed by atoms with Crippen LogP contribution in [-0.2, 0) is 11.4 Å². The first-order chi connectivity index (χ1) is 8.51. The maximum Gasteiger partial charge on any atom is 0.224 e. The normalized spacial score (nSPS) is 12.1. The number of aliphatic hydroxyl groups is 1. The van der Waals surface area contributed by atoms with E-state index in [0.29, 0.717) is 12.2 Å². The van der Waals surface area contributed by atoms with Gasteiger partial charge in [-0.2, -0.15) is 0 Å². The third-order valence-electron chi connectivity index (χ3n) is 2.91. The highest BCUT2D eigenvalue weighted by molar-refractivity contribution is 5.78. The molecule has 1 aromatic carbocycles. The number of aliphatic hydroxyl groups excluding tert-OH is 1. The molecule has 0 aliphatic carbocycles. The van der Waals surface area contributed by atoms with Gasteiger partial charge in [0.25, 0.3) is 0 Å². The van der Waals surface area contributed by atoms with E-state index in [-0.39, 0.29) is 24.0 Å². The summed E-state index contributed by atoms with van der Waals surface area (Å²) in [7, 11) is 3.35. The standard InChI is InChI=1S/C13H19FN2O2/c1-9(13(18)15-2)7-16(3)12-6-4-5-11(14)10(12)8-17/h4-6,9,17H,7-8H2,1-3H3,(H,15,18). The van der Waals surface area contributed by atoms with Crippen LogP contribution in [0, 0.1) is 11.7 Å². The van der Waals surface area contributed by atoms with Crippen LogP contribution in [0.1, 0.15) is 12.5 Å². The minimum atomic E-state index is -0.436. The van der Waals surface area contributed by atoms with E-state index in [0.717, 1.165) is 0 Å². The van der Waals surface area contributed by atoms with Crippen LogP contribution in [0.25, 0.3) is 0 Å². The molecule has 0 aliphatic rings. The van der Waals surface area contributed by atoms with Crippen molar-refractivity contribution in [1.29, 1.82) is 0 Å². The number of benzene rings is 1. The van der Waals surface area contributed by atoms with E-state index < -0.39 is 5.82 Å². The Morgan fingerprint density at radius 3 is 2.78 bits per heavy atom. The predicted molar refractivity (Wildman–Crippen MR) is 68.8 cm³/mol. The van der Waals surface area contributed by atoms with E-state index in [4.69, 9.17) is 0 Å². The molecule has 18 heavy (non-hydrogen) atoms. The Morgan fingerprint density at radius 2 is 2.22 bits per heavy atom. The topological polar surface area (TPSA) is 52.6 Å². The highest BCUT2D eigenvalue weighted by Gasteiger charge is 2.17. The summed E-state index contributed by atoms with van der Waals surface area (Å²) >= 11 is 0. The van der Waals surface area contributed by atoms with E-state index in [2.05, 4.69) is 5.32 Å². The Hall–Kier alpha value is -1.62. The number of anilines is 1. The average Bonchev–Trinajstić information content (AvgIpc) is 2.37. The van der Waals surface area contributed by atoms with Gasteiger partial charge in [-0.25, -0.2) is 4.39 Å². The first kappa shape index (κ1) is 14.4. The van der Waals surface area contributed by atoms with Gasteiger partial charge in [0, 0.05) is 31.9 Å². The number of amides is 1. The van der Waals surface area contributed by atoms with Crippen LogP contribution in [0.2, 0.25) is 0 Å². The van der Waals surface area contributed by atoms with Gasteiger partial charge < -0.3 is 15.3 Å². The lowest BCUT2D eigenvalue weighted by atomic mass is 10.1. The van der Waals surface area contributed by atoms with Crippen LogP contribution < -0.4 is 10.2 Å². The number of hydrogen-bond acceptors (Lipinski definition) is 3. The SMILES string of the molecule is CNC(=O)C(C)CN(C)c1cccc(F)c1CO. The smallest absolute Gasteiger partial charge is 0.224 e. The maximum atomic E-state index is 13.5. The largest absolute Gasteiger partial charge is 0.391 e. The Labute approximate surface area is 106 Å². The molecule has 100 valence electrons. The van der Waals surface area contributed by atoms with Gasteiger partial charge in [-0.05, 0) is 12.1 Å². The summed E-state index contributed by atoms with van der Waals surface area (Å²) in [6, 6.07) is 4.63. The fourth-order valence-corrected chi connectivity index (χ4v) is 1.90. The van der Waals surface area contributed by atoms with Crippen molar-refractivity contribution in [1.82, 2.24) is 5.32 Å². The minimum Gasteiger partial charge on any atom is -0.391 e. The number of rotatable bonds is 5. The molecule has 1 rings (SSSR count). The van der Waals surface area contributed by atoms with Crippen molar-refractivity contribution < 1.29 is 14.3 Å². The van der Waals surface area contributed by atoms with Crippen molar-refractivity contribution in [2.24, 2.45) is 5.92 Å². The molecule has 1 aromatic rings. The van der Waals surface area contributed by atoms with Crippen LogP contribution in [0.4, 0.5) is 10.1 Å². The summed E-state index contributed by atoms with van der Waals surface area (Å²) < 4.78 is 13.5. The van der Waals surface area contributed by atoms with Crippen LogP contribution in [0.15, 0.2) is 18.2 Å². The first-order valence-corrected chi connectivity index (χ1v) is 5.82. The molecule has 0 radical (unpaired) electrons. The quantitative estimate of drug-likeness (QED) is 0.828. The van der Waals surface area contributed by atoms with E-state index >= 15 is 0 Å². The minimum absolute atomic E-state index is 0.0659. The van der Waals surface area contributed by atoms with Gasteiger partial charge in [0.15, 0.2) is 0 Å². The highest BCUT2D eigenvalue weighted by Crippen LogP contribution is 2.23. The molecule has 4 nitrogen and oxygen atoms in total. The van der Waals surface area contributed by atoms with Crippen molar-refractivity contribution in [2.75, 3.05) is 25.5 Å². The second-order valence-electron chi connectivity index (χ2n) is 4.29. The highest BCUT2D eigenvalue weighted by atomic mass is 19.1. The number of carbonyl (C=O) groups excluding carboxylic acids is 1. The van der Waals surface area contributed by atoms with Crippen LogP contribution >= 0.6 is 0 Å². The summed E-state index contributed by atoms with van der Waals surface area (Å²) in [6.07, 6.45) is 0. The zero-order valence-electron chi connectivity index (χ0n) is 10.9. The lowest BCUT2D eigenvalue weighted by Crippen LogP contribution is -2.34. The van der Waals surface area contributed by atoms with Gasteiger partial charge in [0.1, 0.15) is 5.82 Å². The third-order valence-corrected chi connectivity index (χ3v) is 2.91. The van der Waals surface area contributed by atoms with Crippen molar-refractivity contribution in [3.63, 3.8) is 0 Å². The number of halogens is 1. The van der Waals surface area contributed by atoms with E-state index in [9.17, 15) is 14.3 Å². The summed E-state index contributed by atoms with van der Waals surface area (Å²) in [4.78, 5) is 13.2. The number of carbonyl (C=O) groups is 1. The number of hydrogen-bond donors (Lipinski definition) is 2. The molecule has 2 N–H and O–H groups in total. The molecular weight excluding hydrogens is 235 g/mol. The van der Waals surface area contributed by atoms with Crippen molar-refractivity contribution >= 4 is 11.6 Å². The molecule has 0 saturated heterocycles. The monoisotopic (exact) mass is 254 g/mol.